The summed E-state index contributed by atoms with van der Waals surface area (Å²) in [6, 6.07) is 10.8. The largest absolute Gasteiger partial charge is 0.466 e. The van der Waals surface area contributed by atoms with Gasteiger partial charge >= 0.3 is 5.97 Å². The molecule has 1 aromatic heterocycles. The lowest BCUT2D eigenvalue weighted by atomic mass is 10.1. The third-order valence-corrected chi connectivity index (χ3v) is 6.76. The first-order valence-electron chi connectivity index (χ1n) is 12.3. The summed E-state index contributed by atoms with van der Waals surface area (Å²) in [6.07, 6.45) is 0.601. The van der Waals surface area contributed by atoms with Gasteiger partial charge in [0.05, 0.1) is 24.1 Å². The number of anilines is 1. The van der Waals surface area contributed by atoms with Crippen LogP contribution in [0.5, 0.6) is 0 Å². The Morgan fingerprint density at radius 1 is 1.06 bits per heavy atom. The van der Waals surface area contributed by atoms with Gasteiger partial charge in [-0.2, -0.15) is 5.10 Å². The molecule has 186 valence electrons. The Morgan fingerprint density at radius 3 is 2.54 bits per heavy atom. The molecule has 2 heterocycles. The Balaban J connectivity index is 1.42. The summed E-state index contributed by atoms with van der Waals surface area (Å²) in [5, 5.41) is 4.76. The van der Waals surface area contributed by atoms with Gasteiger partial charge in [-0.15, -0.1) is 0 Å². The van der Waals surface area contributed by atoms with Crippen LogP contribution in [0.3, 0.4) is 0 Å². The summed E-state index contributed by atoms with van der Waals surface area (Å²) < 4.78 is 20.9. The van der Waals surface area contributed by atoms with Crippen LogP contribution in [0.1, 0.15) is 30.2 Å². The van der Waals surface area contributed by atoms with Gasteiger partial charge in [0.2, 0.25) is 0 Å². The fourth-order valence-electron chi connectivity index (χ4n) is 4.72. The Morgan fingerprint density at radius 2 is 1.80 bits per heavy atom. The van der Waals surface area contributed by atoms with E-state index in [2.05, 4.69) is 46.9 Å². The van der Waals surface area contributed by atoms with Crippen molar-refractivity contribution in [1.82, 2.24) is 14.7 Å². The first kappa shape index (κ1) is 24.9. The second-order valence-electron chi connectivity index (χ2n) is 9.02. The predicted molar refractivity (Wildman–Crippen MR) is 135 cm³/mol. The number of ether oxygens (including phenoxy) is 1. The number of fused-ring (bicyclic) bond motifs is 1. The molecule has 0 saturated carbocycles. The highest BCUT2D eigenvalue weighted by atomic mass is 19.1. The Hall–Kier alpha value is -3.26. The highest BCUT2D eigenvalue weighted by Gasteiger charge is 2.20. The number of aryl methyl sites for hydroxylation is 2. The van der Waals surface area contributed by atoms with Gasteiger partial charge in [-0.3, -0.25) is 14.5 Å². The maximum Gasteiger partial charge on any atom is 0.311 e. The van der Waals surface area contributed by atoms with Crippen molar-refractivity contribution in [2.45, 2.75) is 40.2 Å². The second kappa shape index (κ2) is 11.0. The summed E-state index contributed by atoms with van der Waals surface area (Å²) in [5.74, 6) is -1.05. The number of carbonyl (C=O) groups is 1. The highest BCUT2D eigenvalue weighted by Crippen LogP contribution is 2.24. The van der Waals surface area contributed by atoms with E-state index >= 15 is 0 Å². The van der Waals surface area contributed by atoms with Gasteiger partial charge in [0.25, 0.3) is 5.56 Å². The summed E-state index contributed by atoms with van der Waals surface area (Å²) in [5.41, 5.74) is 3.82. The third-order valence-electron chi connectivity index (χ3n) is 6.76. The van der Waals surface area contributed by atoms with E-state index in [4.69, 9.17) is 4.74 Å². The van der Waals surface area contributed by atoms with Crippen molar-refractivity contribution in [2.75, 3.05) is 44.2 Å². The third kappa shape index (κ3) is 5.53. The fraction of sp³-hybridized carbons (Fsp3) is 0.444. The van der Waals surface area contributed by atoms with Gasteiger partial charge in [0.1, 0.15) is 5.82 Å². The molecule has 0 unspecified atom stereocenters. The molecule has 3 aromatic rings. The first-order chi connectivity index (χ1) is 16.9. The molecular formula is C27H33FN4O3. The van der Waals surface area contributed by atoms with E-state index in [1.165, 1.54) is 33.6 Å². The molecule has 0 amide bonds. The van der Waals surface area contributed by atoms with Crippen molar-refractivity contribution in [3.8, 4) is 0 Å². The van der Waals surface area contributed by atoms with E-state index in [0.717, 1.165) is 32.7 Å². The molecule has 1 aliphatic heterocycles. The van der Waals surface area contributed by atoms with Gasteiger partial charge in [0, 0.05) is 50.3 Å². The number of carbonyl (C=O) groups excluding carboxylic acids is 1. The van der Waals surface area contributed by atoms with Crippen LogP contribution in [0.4, 0.5) is 10.1 Å². The molecule has 7 nitrogen and oxygen atoms in total. The van der Waals surface area contributed by atoms with Crippen LogP contribution < -0.4 is 10.5 Å². The zero-order chi connectivity index (χ0) is 24.9. The lowest BCUT2D eigenvalue weighted by Crippen LogP contribution is -2.47. The highest BCUT2D eigenvalue weighted by molar-refractivity contribution is 5.87. The Kier molecular flexibility index (Phi) is 7.80. The minimum Gasteiger partial charge on any atom is -0.466 e. The normalized spacial score (nSPS) is 14.5. The average molecular weight is 481 g/mol. The molecule has 4 rings (SSSR count). The van der Waals surface area contributed by atoms with Crippen LogP contribution in [0.25, 0.3) is 10.8 Å². The van der Waals surface area contributed by atoms with Crippen molar-refractivity contribution >= 4 is 22.4 Å². The van der Waals surface area contributed by atoms with E-state index < -0.39 is 17.3 Å². The topological polar surface area (TPSA) is 67.7 Å². The number of hydrogen-bond donors (Lipinski definition) is 0. The molecular weight excluding hydrogens is 447 g/mol. The van der Waals surface area contributed by atoms with Gasteiger partial charge in [0.15, 0.2) is 0 Å². The number of rotatable bonds is 8. The van der Waals surface area contributed by atoms with Gasteiger partial charge < -0.3 is 9.64 Å². The van der Waals surface area contributed by atoms with Gasteiger partial charge in [-0.25, -0.2) is 9.07 Å². The molecule has 0 N–H and O–H groups in total. The Bertz CT molecular complexity index is 1270. The van der Waals surface area contributed by atoms with Crippen LogP contribution in [-0.4, -0.2) is 60.0 Å². The van der Waals surface area contributed by atoms with E-state index in [-0.39, 0.29) is 18.4 Å². The van der Waals surface area contributed by atoms with Gasteiger partial charge in [-0.1, -0.05) is 24.3 Å². The smallest absolute Gasteiger partial charge is 0.311 e. The minimum atomic E-state index is -0.601. The number of halogens is 1. The molecule has 0 radical (unpaired) electrons. The lowest BCUT2D eigenvalue weighted by molar-refractivity contribution is -0.142. The monoisotopic (exact) mass is 480 g/mol. The number of nitrogens with zero attached hydrogens (tertiary/aromatic N) is 4. The maximum atomic E-state index is 14.6. The number of aromatic nitrogens is 2. The van der Waals surface area contributed by atoms with E-state index in [1.54, 1.807) is 13.0 Å². The molecule has 0 atom stereocenters. The molecule has 2 aromatic carbocycles. The van der Waals surface area contributed by atoms with Crippen molar-refractivity contribution in [2.24, 2.45) is 0 Å². The molecule has 8 heteroatoms. The number of piperazine rings is 1. The van der Waals surface area contributed by atoms with Crippen LogP contribution in [0, 0.1) is 19.7 Å². The number of benzene rings is 2. The standard InChI is InChI=1S/C27H33FN4O3/c1-4-35-25(33)18-23-21-9-6-10-22(28)26(21)27(34)32(29-23)13-7-12-30-14-16-31(17-15-30)24-11-5-8-19(2)20(24)3/h5-6,8-11H,4,7,12-18H2,1-3H3. The SMILES string of the molecule is CCOC(=O)Cc1nn(CCCN2CCN(c3cccc(C)c3C)CC2)c(=O)c2c(F)cccc12. The zero-order valence-electron chi connectivity index (χ0n) is 20.7. The summed E-state index contributed by atoms with van der Waals surface area (Å²) in [6.45, 7) is 11.3. The maximum absolute atomic E-state index is 14.6. The number of esters is 1. The summed E-state index contributed by atoms with van der Waals surface area (Å²) in [4.78, 5) is 29.9. The van der Waals surface area contributed by atoms with Crippen molar-refractivity contribution in [3.05, 3.63) is 69.4 Å². The number of hydrogen-bond acceptors (Lipinski definition) is 6. The molecule has 1 aliphatic rings. The summed E-state index contributed by atoms with van der Waals surface area (Å²) >= 11 is 0. The molecule has 0 aliphatic carbocycles. The van der Waals surface area contributed by atoms with Crippen LogP contribution in [-0.2, 0) is 22.5 Å². The average Bonchev–Trinajstić information content (AvgIpc) is 2.84. The quantitative estimate of drug-likeness (QED) is 0.460. The molecule has 1 saturated heterocycles. The van der Waals surface area contributed by atoms with E-state index in [1.807, 2.05) is 0 Å². The zero-order valence-corrected chi connectivity index (χ0v) is 20.7. The minimum absolute atomic E-state index is 0.0241. The van der Waals surface area contributed by atoms with Crippen LogP contribution in [0.2, 0.25) is 0 Å². The van der Waals surface area contributed by atoms with E-state index in [0.29, 0.717) is 24.0 Å². The lowest BCUT2D eigenvalue weighted by Gasteiger charge is -2.37. The van der Waals surface area contributed by atoms with Crippen molar-refractivity contribution < 1.29 is 13.9 Å². The second-order valence-corrected chi connectivity index (χ2v) is 9.02. The van der Waals surface area contributed by atoms with Crippen LogP contribution >= 0.6 is 0 Å². The van der Waals surface area contributed by atoms with Crippen LogP contribution in [0.15, 0.2) is 41.2 Å². The molecule has 0 spiro atoms. The molecule has 35 heavy (non-hydrogen) atoms. The molecule has 0 bridgehead atoms. The van der Waals surface area contributed by atoms with Gasteiger partial charge in [-0.05, 0) is 50.5 Å². The summed E-state index contributed by atoms with van der Waals surface area (Å²) in [7, 11) is 0. The first-order valence-corrected chi connectivity index (χ1v) is 12.3. The fourth-order valence-corrected chi connectivity index (χ4v) is 4.72. The molecule has 1 fully saturated rings. The van der Waals surface area contributed by atoms with Crippen molar-refractivity contribution in [3.63, 3.8) is 0 Å². The Labute approximate surface area is 205 Å². The van der Waals surface area contributed by atoms with Crippen molar-refractivity contribution in [1.29, 1.82) is 0 Å². The predicted octanol–water partition coefficient (Wildman–Crippen LogP) is 3.47. The van der Waals surface area contributed by atoms with E-state index in [9.17, 15) is 14.0 Å².